The quantitative estimate of drug-likeness (QED) is 0.258. The van der Waals surface area contributed by atoms with Crippen LogP contribution < -0.4 is 21.3 Å². The van der Waals surface area contributed by atoms with E-state index in [1.165, 1.54) is 5.69 Å². The summed E-state index contributed by atoms with van der Waals surface area (Å²) < 4.78 is 5.95. The van der Waals surface area contributed by atoms with Gasteiger partial charge in [0, 0.05) is 63.6 Å². The summed E-state index contributed by atoms with van der Waals surface area (Å²) in [6, 6.07) is 12.3. The molecule has 1 aromatic carbocycles. The van der Waals surface area contributed by atoms with Crippen LogP contribution in [0.15, 0.2) is 52.8 Å². The van der Waals surface area contributed by atoms with Gasteiger partial charge in [-0.3, -0.25) is 0 Å². The van der Waals surface area contributed by atoms with Crippen molar-refractivity contribution in [1.82, 2.24) is 15.5 Å². The highest BCUT2D eigenvalue weighted by Crippen LogP contribution is 2.42. The topological polar surface area (TPSA) is 136 Å². The molecule has 0 radical (unpaired) electrons. The number of hydrogen-bond acceptors (Lipinski definition) is 8. The molecule has 0 aromatic heterocycles. The van der Waals surface area contributed by atoms with Crippen molar-refractivity contribution < 1.29 is 4.74 Å². The van der Waals surface area contributed by atoms with Gasteiger partial charge in [0.25, 0.3) is 0 Å². The van der Waals surface area contributed by atoms with Crippen molar-refractivity contribution in [1.29, 1.82) is 10.5 Å². The Morgan fingerprint density at radius 3 is 2.44 bits per heavy atom. The Balaban J connectivity index is 1.93. The number of nitrogens with one attached hydrogen (secondary N) is 2. The number of piperazine rings is 1. The van der Waals surface area contributed by atoms with Gasteiger partial charge in [0.2, 0.25) is 0 Å². The van der Waals surface area contributed by atoms with Crippen molar-refractivity contribution in [2.24, 2.45) is 5.73 Å². The van der Waals surface area contributed by atoms with E-state index in [0.717, 1.165) is 44.8 Å². The summed E-state index contributed by atoms with van der Waals surface area (Å²) in [4.78, 5) is 4.72. The minimum Gasteiger partial charge on any atom is -0.762 e. The summed E-state index contributed by atoms with van der Waals surface area (Å²) >= 11 is 0. The third-order valence-corrected chi connectivity index (χ3v) is 6.51. The molecule has 9 heteroatoms. The maximum atomic E-state index is 9.92. The van der Waals surface area contributed by atoms with Crippen LogP contribution in [0.1, 0.15) is 25.5 Å². The zero-order valence-electron chi connectivity index (χ0n) is 21.3. The number of likely N-dealkylation sites (N-methyl/N-ethyl adjacent to an activating group) is 1. The lowest BCUT2D eigenvalue weighted by Crippen LogP contribution is -2.44. The molecule has 9 nitrogen and oxygen atoms in total. The number of hydrogen-bond donors (Lipinski definition) is 3. The van der Waals surface area contributed by atoms with Crippen molar-refractivity contribution in [3.05, 3.63) is 63.8 Å². The summed E-state index contributed by atoms with van der Waals surface area (Å²) in [5.41, 5.74) is 7.62. The minimum atomic E-state index is -0.864. The standard InChI is InChI=1S/C27H35N8O/c1-27(2)24(23(19-31)26(36-27)21(17-29)18-30)16-25(33-11-10-32-9-8-28)20-4-6-22(7-5-20)35-14-12-34(3)13-15-35/h4-7,16,25,32-33H,8-15,28H2,1-3H3/q-1/b24-16-. The molecule has 4 N–H and O–H groups in total. The molecule has 1 atom stereocenters. The first kappa shape index (κ1) is 27.2. The lowest BCUT2D eigenvalue weighted by atomic mass is 9.90. The third-order valence-electron chi connectivity index (χ3n) is 6.51. The van der Waals surface area contributed by atoms with E-state index in [1.54, 1.807) is 0 Å². The van der Waals surface area contributed by atoms with E-state index >= 15 is 0 Å². The van der Waals surface area contributed by atoms with E-state index in [-0.39, 0.29) is 22.9 Å². The van der Waals surface area contributed by atoms with E-state index in [1.807, 2.05) is 31.9 Å². The molecule has 0 aliphatic carbocycles. The minimum absolute atomic E-state index is 0.0486. The Morgan fingerprint density at radius 1 is 1.17 bits per heavy atom. The molecular formula is C27H35N8O-. The number of nitrogens with two attached hydrogens (primary N) is 1. The molecule has 190 valence electrons. The van der Waals surface area contributed by atoms with Gasteiger partial charge >= 0.3 is 0 Å². The molecule has 0 bridgehead atoms. The monoisotopic (exact) mass is 487 g/mol. The number of nitriles is 2. The van der Waals surface area contributed by atoms with Gasteiger partial charge in [-0.05, 0) is 38.6 Å². The largest absolute Gasteiger partial charge is 0.762 e. The average Bonchev–Trinajstić information content (AvgIpc) is 3.13. The van der Waals surface area contributed by atoms with Gasteiger partial charge in [-0.15, -0.1) is 0 Å². The molecule has 1 fully saturated rings. The van der Waals surface area contributed by atoms with E-state index in [4.69, 9.17) is 10.5 Å². The Morgan fingerprint density at radius 2 is 1.86 bits per heavy atom. The first-order chi connectivity index (χ1) is 17.3. The number of nitrogens with zero attached hydrogens (tertiary/aromatic N) is 5. The summed E-state index contributed by atoms with van der Waals surface area (Å²) in [6.07, 6.45) is 1.98. The number of allylic oxidation sites excluding steroid dienone is 1. The van der Waals surface area contributed by atoms with Crippen LogP contribution in [0.4, 0.5) is 5.69 Å². The molecule has 0 spiro atoms. The lowest BCUT2D eigenvalue weighted by molar-refractivity contribution is 0.0949. The van der Waals surface area contributed by atoms with Crippen molar-refractivity contribution in [3.63, 3.8) is 0 Å². The van der Waals surface area contributed by atoms with E-state index in [0.29, 0.717) is 18.7 Å². The molecule has 2 aliphatic heterocycles. The van der Waals surface area contributed by atoms with Crippen LogP contribution in [-0.4, -0.2) is 75.8 Å². The van der Waals surface area contributed by atoms with Gasteiger partial charge in [-0.1, -0.05) is 18.2 Å². The van der Waals surface area contributed by atoms with Gasteiger partial charge < -0.3 is 36.3 Å². The van der Waals surface area contributed by atoms with Gasteiger partial charge in [0.15, 0.2) is 5.76 Å². The molecule has 36 heavy (non-hydrogen) atoms. The Kier molecular flexibility index (Phi) is 9.44. The number of benzene rings is 1. The van der Waals surface area contributed by atoms with Gasteiger partial charge in [-0.2, -0.15) is 10.5 Å². The molecule has 0 amide bonds. The van der Waals surface area contributed by atoms with Crippen LogP contribution in [0.2, 0.25) is 0 Å². The van der Waals surface area contributed by atoms with Crippen LogP contribution in [0, 0.1) is 22.7 Å². The maximum absolute atomic E-state index is 9.92. The molecule has 1 aromatic rings. The summed E-state index contributed by atoms with van der Waals surface area (Å²) in [5, 5.41) is 35.5. The van der Waals surface area contributed by atoms with Crippen molar-refractivity contribution in [2.45, 2.75) is 25.5 Å². The van der Waals surface area contributed by atoms with Crippen molar-refractivity contribution in [2.75, 3.05) is 64.3 Å². The molecular weight excluding hydrogens is 452 g/mol. The van der Waals surface area contributed by atoms with Gasteiger partial charge in [-0.25, -0.2) is 5.87 Å². The molecule has 1 unspecified atom stereocenters. The molecule has 3 rings (SSSR count). The fraction of sp³-hybridized carbons (Fsp3) is 0.481. The van der Waals surface area contributed by atoms with Gasteiger partial charge in [0.1, 0.15) is 28.9 Å². The zero-order valence-corrected chi connectivity index (χ0v) is 21.3. The maximum Gasteiger partial charge on any atom is 0.162 e. The lowest BCUT2D eigenvalue weighted by Gasteiger charge is -2.34. The smallest absolute Gasteiger partial charge is 0.162 e. The molecule has 2 aliphatic rings. The highest BCUT2D eigenvalue weighted by Gasteiger charge is 2.40. The van der Waals surface area contributed by atoms with Crippen LogP contribution in [0.5, 0.6) is 0 Å². The SMILES string of the molecule is CN1CCN(c2ccc(C(/C=C3/C(C#N)=C(C(=C=[N-])C#N)OC3(C)C)NCCNCCN)cc2)CC1. The third kappa shape index (κ3) is 6.41. The molecule has 0 saturated carbocycles. The summed E-state index contributed by atoms with van der Waals surface area (Å²) in [7, 11) is 2.14. The summed E-state index contributed by atoms with van der Waals surface area (Å²) in [5.74, 6) is 1.90. The fourth-order valence-corrected chi connectivity index (χ4v) is 4.42. The first-order valence-corrected chi connectivity index (χ1v) is 12.3. The molecule has 1 saturated heterocycles. The number of anilines is 1. The highest BCUT2D eigenvalue weighted by molar-refractivity contribution is 5.75. The summed E-state index contributed by atoms with van der Waals surface area (Å²) in [6.45, 7) is 10.5. The van der Waals surface area contributed by atoms with Gasteiger partial charge in [0.05, 0.1) is 6.04 Å². The normalized spacial score (nSPS) is 19.4. The van der Waals surface area contributed by atoms with Crippen molar-refractivity contribution >= 4 is 11.6 Å². The Bertz CT molecular complexity index is 1110. The second-order valence-corrected chi connectivity index (χ2v) is 9.46. The first-order valence-electron chi connectivity index (χ1n) is 12.3. The number of rotatable bonds is 10. The number of ether oxygens (including phenoxy) is 1. The second-order valence-electron chi connectivity index (χ2n) is 9.46. The fourth-order valence-electron chi connectivity index (χ4n) is 4.42. The second kappa shape index (κ2) is 12.5. The van der Waals surface area contributed by atoms with E-state index in [9.17, 15) is 15.9 Å². The van der Waals surface area contributed by atoms with E-state index in [2.05, 4.69) is 57.8 Å². The highest BCUT2D eigenvalue weighted by atomic mass is 16.5. The molecule has 2 heterocycles. The van der Waals surface area contributed by atoms with Crippen molar-refractivity contribution in [3.8, 4) is 12.1 Å². The average molecular weight is 488 g/mol. The Hall–Kier alpha value is -3.43. The van der Waals surface area contributed by atoms with Crippen LogP contribution >= 0.6 is 0 Å². The zero-order chi connectivity index (χ0) is 26.1. The Labute approximate surface area is 214 Å². The van der Waals surface area contributed by atoms with Crippen LogP contribution in [-0.2, 0) is 4.74 Å². The van der Waals surface area contributed by atoms with E-state index < -0.39 is 5.60 Å². The van der Waals surface area contributed by atoms with Crippen LogP contribution in [0.25, 0.3) is 5.41 Å². The van der Waals surface area contributed by atoms with Crippen LogP contribution in [0.3, 0.4) is 0 Å². The predicted molar refractivity (Wildman–Crippen MR) is 142 cm³/mol. The predicted octanol–water partition coefficient (Wildman–Crippen LogP) is 1.82.